The molecule has 0 bridgehead atoms. The van der Waals surface area contributed by atoms with Gasteiger partial charge in [-0.05, 0) is 67.3 Å². The topological polar surface area (TPSA) is 68.2 Å². The third-order valence-electron chi connectivity index (χ3n) is 5.85. The van der Waals surface area contributed by atoms with E-state index in [4.69, 9.17) is 9.72 Å². The number of ether oxygens (including phenoxy) is 1. The van der Waals surface area contributed by atoms with Gasteiger partial charge in [0, 0.05) is 16.3 Å². The third-order valence-corrected chi connectivity index (χ3v) is 6.60. The van der Waals surface area contributed by atoms with Crippen molar-refractivity contribution in [1.29, 1.82) is 0 Å². The summed E-state index contributed by atoms with van der Waals surface area (Å²) < 4.78 is 7.34. The summed E-state index contributed by atoms with van der Waals surface area (Å²) >= 11 is 1.69. The van der Waals surface area contributed by atoms with Gasteiger partial charge in [-0.1, -0.05) is 24.3 Å². The van der Waals surface area contributed by atoms with Crippen LogP contribution in [0.3, 0.4) is 0 Å². The molecule has 2 N–H and O–H groups in total. The number of aromatic nitrogens is 2. The SMILES string of the molecule is COc1ccc(NC(=O)C2=C(C)Nc3nc4ccccc4n3[C@@H]2c2ccc(SC)cc2)cc1. The second-order valence-electron chi connectivity index (χ2n) is 7.82. The highest BCUT2D eigenvalue weighted by Gasteiger charge is 2.34. The Morgan fingerprint density at radius 1 is 1.06 bits per heavy atom. The summed E-state index contributed by atoms with van der Waals surface area (Å²) in [6.45, 7) is 1.93. The first-order valence-corrected chi connectivity index (χ1v) is 11.9. The fraction of sp³-hybridized carbons (Fsp3) is 0.154. The van der Waals surface area contributed by atoms with E-state index in [1.54, 1.807) is 18.9 Å². The molecule has 6 nitrogen and oxygen atoms in total. The van der Waals surface area contributed by atoms with E-state index in [0.29, 0.717) is 11.3 Å². The molecule has 3 aromatic carbocycles. The molecule has 0 spiro atoms. The predicted octanol–water partition coefficient (Wildman–Crippen LogP) is 5.69. The second-order valence-corrected chi connectivity index (χ2v) is 8.70. The van der Waals surface area contributed by atoms with E-state index in [9.17, 15) is 4.79 Å². The molecule has 0 fully saturated rings. The van der Waals surface area contributed by atoms with Gasteiger partial charge in [-0.25, -0.2) is 4.98 Å². The number of anilines is 2. The number of carbonyl (C=O) groups excluding carboxylic acids is 1. The van der Waals surface area contributed by atoms with E-state index in [2.05, 4.69) is 45.7 Å². The fourth-order valence-corrected chi connectivity index (χ4v) is 4.64. The van der Waals surface area contributed by atoms with Gasteiger partial charge in [0.15, 0.2) is 0 Å². The largest absolute Gasteiger partial charge is 0.497 e. The van der Waals surface area contributed by atoms with Crippen molar-refractivity contribution in [2.24, 2.45) is 0 Å². The maximum Gasteiger partial charge on any atom is 0.255 e. The molecule has 0 saturated heterocycles. The van der Waals surface area contributed by atoms with Crippen LogP contribution in [0.25, 0.3) is 11.0 Å². The Morgan fingerprint density at radius 3 is 2.48 bits per heavy atom. The molecule has 0 saturated carbocycles. The summed E-state index contributed by atoms with van der Waals surface area (Å²) in [7, 11) is 1.62. The molecule has 1 amide bonds. The lowest BCUT2D eigenvalue weighted by Crippen LogP contribution is -2.30. The molecular formula is C26H24N4O2S. The molecule has 1 aliphatic heterocycles. The summed E-state index contributed by atoms with van der Waals surface area (Å²) in [5, 5.41) is 6.41. The van der Waals surface area contributed by atoms with Crippen LogP contribution in [-0.4, -0.2) is 28.8 Å². The quantitative estimate of drug-likeness (QED) is 0.377. The number of para-hydroxylation sites is 2. The molecule has 7 heteroatoms. The van der Waals surface area contributed by atoms with E-state index in [1.165, 1.54) is 4.90 Å². The fourth-order valence-electron chi connectivity index (χ4n) is 4.23. The van der Waals surface area contributed by atoms with Crippen LogP contribution in [0.5, 0.6) is 5.75 Å². The molecule has 1 aromatic heterocycles. The maximum absolute atomic E-state index is 13.6. The molecule has 0 unspecified atom stereocenters. The number of nitrogens with zero attached hydrogens (tertiary/aromatic N) is 2. The van der Waals surface area contributed by atoms with Gasteiger partial charge in [-0.3, -0.25) is 9.36 Å². The summed E-state index contributed by atoms with van der Waals surface area (Å²) in [6.07, 6.45) is 2.05. The van der Waals surface area contributed by atoms with Gasteiger partial charge in [0.2, 0.25) is 5.95 Å². The zero-order valence-corrected chi connectivity index (χ0v) is 19.4. The predicted molar refractivity (Wildman–Crippen MR) is 134 cm³/mol. The smallest absolute Gasteiger partial charge is 0.255 e. The van der Waals surface area contributed by atoms with Gasteiger partial charge in [-0.2, -0.15) is 0 Å². The van der Waals surface area contributed by atoms with Gasteiger partial charge in [0.25, 0.3) is 5.91 Å². The number of hydrogen-bond donors (Lipinski definition) is 2. The Kier molecular flexibility index (Phi) is 5.56. The highest BCUT2D eigenvalue weighted by atomic mass is 32.2. The Bertz CT molecular complexity index is 1360. The minimum Gasteiger partial charge on any atom is -0.497 e. The van der Waals surface area contributed by atoms with Crippen LogP contribution < -0.4 is 15.4 Å². The van der Waals surface area contributed by atoms with Crippen molar-refractivity contribution < 1.29 is 9.53 Å². The standard InChI is InChI=1S/C26H24N4O2S/c1-16-23(25(31)28-18-10-12-19(32-2)13-11-18)24(17-8-14-20(33-3)15-9-17)30-22-7-5-4-6-21(22)29-26(30)27-16/h4-15,24H,1-3H3,(H,27,29)(H,28,31)/t24-/m1/s1. The van der Waals surface area contributed by atoms with Gasteiger partial charge in [0.05, 0.1) is 29.8 Å². The van der Waals surface area contributed by atoms with E-state index in [0.717, 1.165) is 34.0 Å². The van der Waals surface area contributed by atoms with Crippen molar-refractivity contribution in [3.8, 4) is 5.75 Å². The van der Waals surface area contributed by atoms with Crippen molar-refractivity contribution >= 4 is 40.3 Å². The average molecular weight is 457 g/mol. The molecule has 166 valence electrons. The molecule has 0 radical (unpaired) electrons. The minimum absolute atomic E-state index is 0.160. The Labute approximate surface area is 196 Å². The number of hydrogen-bond acceptors (Lipinski definition) is 5. The molecule has 33 heavy (non-hydrogen) atoms. The normalized spacial score (nSPS) is 15.2. The van der Waals surface area contributed by atoms with Crippen LogP contribution in [0.1, 0.15) is 18.5 Å². The van der Waals surface area contributed by atoms with Crippen molar-refractivity contribution in [3.05, 3.63) is 89.6 Å². The van der Waals surface area contributed by atoms with Gasteiger partial charge in [-0.15, -0.1) is 11.8 Å². The van der Waals surface area contributed by atoms with E-state index >= 15 is 0 Å². The zero-order valence-electron chi connectivity index (χ0n) is 18.6. The number of fused-ring (bicyclic) bond motifs is 3. The zero-order chi connectivity index (χ0) is 22.9. The van der Waals surface area contributed by atoms with E-state index in [1.807, 2.05) is 55.5 Å². The third kappa shape index (κ3) is 3.85. The molecule has 1 atom stereocenters. The highest BCUT2D eigenvalue weighted by molar-refractivity contribution is 7.98. The number of methoxy groups -OCH3 is 1. The van der Waals surface area contributed by atoms with Crippen LogP contribution in [0, 0.1) is 0 Å². The Morgan fingerprint density at radius 2 is 1.79 bits per heavy atom. The van der Waals surface area contributed by atoms with Crippen molar-refractivity contribution in [2.45, 2.75) is 17.9 Å². The second kappa shape index (κ2) is 8.67. The van der Waals surface area contributed by atoms with Crippen LogP contribution in [0.2, 0.25) is 0 Å². The lowest BCUT2D eigenvalue weighted by atomic mass is 9.94. The first-order valence-electron chi connectivity index (χ1n) is 10.6. The first-order chi connectivity index (χ1) is 16.1. The molecule has 0 aliphatic carbocycles. The van der Waals surface area contributed by atoms with Gasteiger partial charge >= 0.3 is 0 Å². The molecule has 1 aliphatic rings. The Balaban J connectivity index is 1.61. The van der Waals surface area contributed by atoms with Crippen molar-refractivity contribution in [1.82, 2.24) is 9.55 Å². The maximum atomic E-state index is 13.6. The molecule has 2 heterocycles. The number of amides is 1. The average Bonchev–Trinajstić information content (AvgIpc) is 3.21. The molecule has 5 rings (SSSR count). The minimum atomic E-state index is -0.317. The lowest BCUT2D eigenvalue weighted by molar-refractivity contribution is -0.113. The van der Waals surface area contributed by atoms with Crippen LogP contribution >= 0.6 is 11.8 Å². The summed E-state index contributed by atoms with van der Waals surface area (Å²) in [5.41, 5.74) is 5.02. The summed E-state index contributed by atoms with van der Waals surface area (Å²) in [6, 6.07) is 23.4. The number of allylic oxidation sites excluding steroid dienone is 1. The summed E-state index contributed by atoms with van der Waals surface area (Å²) in [5.74, 6) is 1.31. The van der Waals surface area contributed by atoms with Crippen LogP contribution in [0.15, 0.2) is 89.0 Å². The van der Waals surface area contributed by atoms with E-state index in [-0.39, 0.29) is 11.9 Å². The van der Waals surface area contributed by atoms with Crippen molar-refractivity contribution in [3.63, 3.8) is 0 Å². The number of benzene rings is 3. The molecular weight excluding hydrogens is 432 g/mol. The number of nitrogens with one attached hydrogen (secondary N) is 2. The molecule has 4 aromatic rings. The number of thioether (sulfide) groups is 1. The van der Waals surface area contributed by atoms with Crippen LogP contribution in [0.4, 0.5) is 11.6 Å². The lowest BCUT2D eigenvalue weighted by Gasteiger charge is -2.30. The summed E-state index contributed by atoms with van der Waals surface area (Å²) in [4.78, 5) is 19.6. The monoisotopic (exact) mass is 456 g/mol. The number of rotatable bonds is 5. The highest BCUT2D eigenvalue weighted by Crippen LogP contribution is 2.39. The number of carbonyl (C=O) groups is 1. The van der Waals surface area contributed by atoms with Crippen molar-refractivity contribution in [2.75, 3.05) is 24.0 Å². The first kappa shape index (κ1) is 21.2. The van der Waals surface area contributed by atoms with Crippen LogP contribution in [-0.2, 0) is 4.79 Å². The van der Waals surface area contributed by atoms with Gasteiger partial charge < -0.3 is 15.4 Å². The number of imidazole rings is 1. The van der Waals surface area contributed by atoms with Gasteiger partial charge in [0.1, 0.15) is 5.75 Å². The van der Waals surface area contributed by atoms with E-state index < -0.39 is 0 Å². The Hall–Kier alpha value is -3.71.